The molecule has 0 heterocycles. The summed E-state index contributed by atoms with van der Waals surface area (Å²) in [6, 6.07) is 5.44. The van der Waals surface area contributed by atoms with E-state index in [1.807, 2.05) is 0 Å². The van der Waals surface area contributed by atoms with Crippen molar-refractivity contribution in [3.8, 4) is 5.75 Å². The molecule has 6 heteroatoms. The van der Waals surface area contributed by atoms with E-state index in [2.05, 4.69) is 4.74 Å². The number of nitrogens with two attached hydrogens (primary N) is 1. The molecule has 0 aliphatic rings. The lowest BCUT2D eigenvalue weighted by molar-refractivity contribution is -0.253. The van der Waals surface area contributed by atoms with Crippen LogP contribution in [0.1, 0.15) is 5.56 Å². The summed E-state index contributed by atoms with van der Waals surface area (Å²) in [5.74, 6) is -0.325. The van der Waals surface area contributed by atoms with Crippen molar-refractivity contribution < 1.29 is 22.3 Å². The van der Waals surface area contributed by atoms with Crippen molar-refractivity contribution >= 4 is 6.08 Å². The first-order valence-electron chi connectivity index (χ1n) is 4.77. The predicted molar refractivity (Wildman–Crippen MR) is 56.1 cm³/mol. The first kappa shape index (κ1) is 13.5. The summed E-state index contributed by atoms with van der Waals surface area (Å²) in [4.78, 5) is 0. The van der Waals surface area contributed by atoms with Gasteiger partial charge in [-0.2, -0.15) is 17.6 Å². The Morgan fingerprint density at radius 1 is 1.35 bits per heavy atom. The fourth-order valence-corrected chi connectivity index (χ4v) is 1.09. The summed E-state index contributed by atoms with van der Waals surface area (Å²) < 4.78 is 52.9. The average Bonchev–Trinajstić information content (AvgIpc) is 2.26. The summed E-state index contributed by atoms with van der Waals surface area (Å²) in [6.07, 6.45) is -5.18. The highest BCUT2D eigenvalue weighted by Crippen LogP contribution is 2.27. The van der Waals surface area contributed by atoms with E-state index in [1.54, 1.807) is 18.2 Å². The molecule has 0 bridgehead atoms. The Labute approximate surface area is 95.7 Å². The van der Waals surface area contributed by atoms with E-state index in [0.717, 1.165) is 0 Å². The summed E-state index contributed by atoms with van der Waals surface area (Å²) in [5, 5.41) is 0. The van der Waals surface area contributed by atoms with Crippen LogP contribution in [-0.2, 0) is 0 Å². The number of rotatable bonds is 5. The van der Waals surface area contributed by atoms with Gasteiger partial charge in [0, 0.05) is 6.54 Å². The Balaban J connectivity index is 2.82. The van der Waals surface area contributed by atoms with Gasteiger partial charge in [0.05, 0.1) is 0 Å². The van der Waals surface area contributed by atoms with Crippen LogP contribution in [0.3, 0.4) is 0 Å². The number of hydrogen-bond donors (Lipinski definition) is 1. The molecule has 0 aliphatic heterocycles. The Hall–Kier alpha value is -1.56. The number of alkyl halides is 4. The van der Waals surface area contributed by atoms with Gasteiger partial charge in [-0.05, 0) is 17.7 Å². The van der Waals surface area contributed by atoms with Crippen molar-refractivity contribution in [1.82, 2.24) is 0 Å². The fourth-order valence-electron chi connectivity index (χ4n) is 1.09. The maximum absolute atomic E-state index is 12.6. The quantitative estimate of drug-likeness (QED) is 0.814. The van der Waals surface area contributed by atoms with Gasteiger partial charge in [0.15, 0.2) is 0 Å². The lowest BCUT2D eigenvalue weighted by Crippen LogP contribution is -2.33. The molecule has 0 aliphatic carbocycles. The van der Waals surface area contributed by atoms with E-state index < -0.39 is 12.5 Å². The van der Waals surface area contributed by atoms with E-state index in [4.69, 9.17) is 5.73 Å². The number of ether oxygens (including phenoxy) is 1. The van der Waals surface area contributed by atoms with Crippen molar-refractivity contribution in [3.05, 3.63) is 35.9 Å². The van der Waals surface area contributed by atoms with Crippen LogP contribution in [0.15, 0.2) is 30.3 Å². The normalized spacial score (nSPS) is 12.4. The van der Waals surface area contributed by atoms with Gasteiger partial charge < -0.3 is 10.5 Å². The van der Waals surface area contributed by atoms with Gasteiger partial charge >= 0.3 is 12.5 Å². The molecule has 0 atom stereocenters. The van der Waals surface area contributed by atoms with Gasteiger partial charge in [-0.25, -0.2) is 0 Å². The first-order valence-corrected chi connectivity index (χ1v) is 4.77. The highest BCUT2D eigenvalue weighted by atomic mass is 19.3. The van der Waals surface area contributed by atoms with Crippen LogP contribution in [-0.4, -0.2) is 19.1 Å². The van der Waals surface area contributed by atoms with Crippen molar-refractivity contribution in [3.63, 3.8) is 0 Å². The van der Waals surface area contributed by atoms with E-state index in [1.165, 1.54) is 18.2 Å². The second kappa shape index (κ2) is 5.67. The molecule has 0 saturated heterocycles. The van der Waals surface area contributed by atoms with Crippen molar-refractivity contribution in [1.29, 1.82) is 0 Å². The van der Waals surface area contributed by atoms with Crippen molar-refractivity contribution in [2.75, 3.05) is 6.54 Å². The Kier molecular flexibility index (Phi) is 4.51. The zero-order valence-corrected chi connectivity index (χ0v) is 8.75. The molecule has 1 rings (SSSR count). The van der Waals surface area contributed by atoms with Crippen molar-refractivity contribution in [2.45, 2.75) is 12.5 Å². The fraction of sp³-hybridized carbons (Fsp3) is 0.273. The summed E-state index contributed by atoms with van der Waals surface area (Å²) >= 11 is 0. The molecule has 0 amide bonds. The highest BCUT2D eigenvalue weighted by molar-refractivity contribution is 5.51. The monoisotopic (exact) mass is 249 g/mol. The molecule has 2 N–H and O–H groups in total. The summed E-state index contributed by atoms with van der Waals surface area (Å²) in [5.41, 5.74) is 5.76. The Morgan fingerprint density at radius 3 is 2.65 bits per heavy atom. The van der Waals surface area contributed by atoms with Gasteiger partial charge in [-0.3, -0.25) is 0 Å². The number of hydrogen-bond acceptors (Lipinski definition) is 2. The topological polar surface area (TPSA) is 35.2 Å². The molecular formula is C11H11F4NO. The third kappa shape index (κ3) is 4.07. The van der Waals surface area contributed by atoms with Crippen LogP contribution in [0.4, 0.5) is 17.6 Å². The molecule has 0 saturated carbocycles. The molecule has 1 aromatic carbocycles. The maximum Gasteiger partial charge on any atom is 0.461 e. The largest absolute Gasteiger partial charge is 0.461 e. The summed E-state index contributed by atoms with van der Waals surface area (Å²) in [6.45, 7) is 0.290. The molecule has 2 nitrogen and oxygen atoms in total. The summed E-state index contributed by atoms with van der Waals surface area (Å²) in [7, 11) is 0. The Morgan fingerprint density at radius 2 is 2.06 bits per heavy atom. The molecule has 0 spiro atoms. The number of halogens is 4. The van der Waals surface area contributed by atoms with E-state index in [9.17, 15) is 17.6 Å². The van der Waals surface area contributed by atoms with Gasteiger partial charge in [0.2, 0.25) is 0 Å². The van der Waals surface area contributed by atoms with Crippen LogP contribution in [0.5, 0.6) is 5.75 Å². The zero-order chi connectivity index (χ0) is 12.9. The first-order chi connectivity index (χ1) is 7.95. The minimum atomic E-state index is -4.49. The maximum atomic E-state index is 12.6. The minimum absolute atomic E-state index is 0.290. The van der Waals surface area contributed by atoms with Crippen LogP contribution in [0.2, 0.25) is 0 Å². The van der Waals surface area contributed by atoms with Gasteiger partial charge in [-0.15, -0.1) is 0 Å². The lowest BCUT2D eigenvalue weighted by atomic mass is 10.2. The SMILES string of the molecule is NCC=Cc1cccc(OC(F)(F)C(F)F)c1. The molecule has 94 valence electrons. The van der Waals surface area contributed by atoms with E-state index >= 15 is 0 Å². The van der Waals surface area contributed by atoms with Crippen LogP contribution in [0.25, 0.3) is 6.08 Å². The van der Waals surface area contributed by atoms with Crippen LogP contribution >= 0.6 is 0 Å². The zero-order valence-electron chi connectivity index (χ0n) is 8.75. The van der Waals surface area contributed by atoms with Gasteiger partial charge in [-0.1, -0.05) is 24.3 Å². The minimum Gasteiger partial charge on any atom is -0.428 e. The molecule has 17 heavy (non-hydrogen) atoms. The standard InChI is InChI=1S/C11H11F4NO/c12-10(13)11(14,15)17-9-5-1-3-8(7-9)4-2-6-16/h1-5,7,10H,6,16H2. The van der Waals surface area contributed by atoms with Crippen molar-refractivity contribution in [2.24, 2.45) is 5.73 Å². The smallest absolute Gasteiger partial charge is 0.428 e. The predicted octanol–water partition coefficient (Wildman–Crippen LogP) is 2.90. The lowest BCUT2D eigenvalue weighted by Gasteiger charge is -2.16. The molecule has 0 unspecified atom stereocenters. The van der Waals surface area contributed by atoms with E-state index in [-0.39, 0.29) is 12.3 Å². The highest BCUT2D eigenvalue weighted by Gasteiger charge is 2.43. The second-order valence-electron chi connectivity index (χ2n) is 3.18. The number of benzene rings is 1. The molecular weight excluding hydrogens is 238 g/mol. The average molecular weight is 249 g/mol. The molecule has 1 aromatic rings. The molecule has 0 aromatic heterocycles. The second-order valence-corrected chi connectivity index (χ2v) is 3.18. The van der Waals surface area contributed by atoms with E-state index in [0.29, 0.717) is 5.56 Å². The molecule has 0 radical (unpaired) electrons. The third-order valence-corrected chi connectivity index (χ3v) is 1.81. The van der Waals surface area contributed by atoms with Gasteiger partial charge in [0.25, 0.3) is 0 Å². The molecule has 0 fully saturated rings. The van der Waals surface area contributed by atoms with Gasteiger partial charge in [0.1, 0.15) is 5.75 Å². The third-order valence-electron chi connectivity index (χ3n) is 1.81. The Bertz CT molecular complexity index is 393. The van der Waals surface area contributed by atoms with Crippen LogP contribution < -0.4 is 10.5 Å². The van der Waals surface area contributed by atoms with Crippen LogP contribution in [0, 0.1) is 0 Å².